The first-order valence-electron chi connectivity index (χ1n) is 2.31. The molecular weight excluding hydrogens is 124 g/mol. The van der Waals surface area contributed by atoms with Crippen LogP contribution in [0.2, 0.25) is 0 Å². The van der Waals surface area contributed by atoms with Crippen LogP contribution in [-0.4, -0.2) is 23.8 Å². The first-order valence-corrected chi connectivity index (χ1v) is 2.31. The molecule has 0 aromatic rings. The van der Waals surface area contributed by atoms with Gasteiger partial charge in [0.25, 0.3) is 0 Å². The van der Waals surface area contributed by atoms with Gasteiger partial charge in [0.1, 0.15) is 0 Å². The van der Waals surface area contributed by atoms with Gasteiger partial charge in [0.2, 0.25) is 0 Å². The van der Waals surface area contributed by atoms with Gasteiger partial charge >= 0.3 is 6.09 Å². The second-order valence-electron chi connectivity index (χ2n) is 1.29. The fourth-order valence-electron chi connectivity index (χ4n) is 0.248. The molecule has 0 aliphatic rings. The maximum atomic E-state index is 10.2. The molecule has 9 heavy (non-hydrogen) atoms. The van der Waals surface area contributed by atoms with Crippen LogP contribution in [0.5, 0.6) is 0 Å². The third-order valence-electron chi connectivity index (χ3n) is 0.468. The maximum absolute atomic E-state index is 10.2. The Labute approximate surface area is 52.1 Å². The number of aliphatic hydroxyl groups is 1. The smallest absolute Gasteiger partial charge is 0.414 e. The van der Waals surface area contributed by atoms with Crippen molar-refractivity contribution in [3.63, 3.8) is 0 Å². The molecule has 0 aliphatic carbocycles. The first kappa shape index (κ1) is 7.90. The molecule has 0 aromatic heterocycles. The predicted molar refractivity (Wildman–Crippen MR) is 30.1 cm³/mol. The van der Waals surface area contributed by atoms with Gasteiger partial charge in [-0.05, 0) is 6.92 Å². The molecule has 0 aromatic carbocycles. The lowest BCUT2D eigenvalue weighted by atomic mass is 10.8. The fraction of sp³-hybridized carbons (Fsp3) is 0.500. The van der Waals surface area contributed by atoms with Crippen molar-refractivity contribution in [1.82, 2.24) is 5.32 Å². The van der Waals surface area contributed by atoms with Gasteiger partial charge in [-0.25, -0.2) is 4.79 Å². The van der Waals surface area contributed by atoms with Gasteiger partial charge in [0.05, 0.1) is 6.34 Å². The number of aliphatic hydroxyl groups excluding tert-OH is 1. The van der Waals surface area contributed by atoms with Crippen LogP contribution in [0.3, 0.4) is 0 Å². The minimum absolute atomic E-state index is 0.671. The van der Waals surface area contributed by atoms with E-state index in [1.54, 1.807) is 0 Å². The van der Waals surface area contributed by atoms with Crippen LogP contribution in [0.25, 0.3) is 0 Å². The van der Waals surface area contributed by atoms with E-state index < -0.39 is 12.4 Å². The zero-order chi connectivity index (χ0) is 7.28. The van der Waals surface area contributed by atoms with Crippen LogP contribution in [0.4, 0.5) is 4.79 Å². The van der Waals surface area contributed by atoms with Crippen LogP contribution in [0.1, 0.15) is 6.92 Å². The van der Waals surface area contributed by atoms with E-state index in [2.05, 4.69) is 4.74 Å². The van der Waals surface area contributed by atoms with E-state index in [9.17, 15) is 4.79 Å². The summed E-state index contributed by atoms with van der Waals surface area (Å²) in [5, 5.41) is 16.6. The quantitative estimate of drug-likeness (QED) is 0.273. The SMILES string of the molecule is CC(O)OC(=O)NC=N. The highest BCUT2D eigenvalue weighted by atomic mass is 16.6. The van der Waals surface area contributed by atoms with Crippen molar-refractivity contribution in [3.8, 4) is 0 Å². The minimum Gasteiger partial charge on any atom is -0.420 e. The van der Waals surface area contributed by atoms with Crippen LogP contribution >= 0.6 is 0 Å². The fourth-order valence-corrected chi connectivity index (χ4v) is 0.248. The number of carbonyl (C=O) groups excluding carboxylic acids is 1. The summed E-state index contributed by atoms with van der Waals surface area (Å²) < 4.78 is 4.14. The minimum atomic E-state index is -1.13. The van der Waals surface area contributed by atoms with Gasteiger partial charge in [-0.1, -0.05) is 0 Å². The van der Waals surface area contributed by atoms with Crippen molar-refractivity contribution in [2.75, 3.05) is 0 Å². The van der Waals surface area contributed by atoms with E-state index >= 15 is 0 Å². The molecule has 0 bridgehead atoms. The topological polar surface area (TPSA) is 82.4 Å². The van der Waals surface area contributed by atoms with Gasteiger partial charge in [0, 0.05) is 0 Å². The Morgan fingerprint density at radius 2 is 2.56 bits per heavy atom. The van der Waals surface area contributed by atoms with Crippen molar-refractivity contribution in [1.29, 1.82) is 5.41 Å². The summed E-state index contributed by atoms with van der Waals surface area (Å²) in [6.07, 6.45) is -1.30. The lowest BCUT2D eigenvalue weighted by molar-refractivity contribution is -0.0352. The highest BCUT2D eigenvalue weighted by molar-refractivity contribution is 5.80. The molecule has 1 atom stereocenters. The third kappa shape index (κ3) is 4.76. The van der Waals surface area contributed by atoms with E-state index in [-0.39, 0.29) is 0 Å². The molecule has 0 radical (unpaired) electrons. The van der Waals surface area contributed by atoms with Crippen LogP contribution in [0, 0.1) is 5.41 Å². The van der Waals surface area contributed by atoms with Crippen molar-refractivity contribution in [2.45, 2.75) is 13.2 Å². The Morgan fingerprint density at radius 1 is 2.00 bits per heavy atom. The van der Waals surface area contributed by atoms with Crippen molar-refractivity contribution in [2.24, 2.45) is 0 Å². The zero-order valence-corrected chi connectivity index (χ0v) is 4.92. The summed E-state index contributed by atoms with van der Waals surface area (Å²) in [7, 11) is 0. The molecule has 0 saturated heterocycles. The van der Waals surface area contributed by atoms with Crippen LogP contribution < -0.4 is 5.32 Å². The largest absolute Gasteiger partial charge is 0.420 e. The summed E-state index contributed by atoms with van der Waals surface area (Å²) in [5.41, 5.74) is 0. The summed E-state index contributed by atoms with van der Waals surface area (Å²) in [6, 6.07) is 0. The second-order valence-corrected chi connectivity index (χ2v) is 1.29. The lowest BCUT2D eigenvalue weighted by Gasteiger charge is -2.03. The molecule has 1 amide bonds. The molecule has 0 spiro atoms. The molecular formula is C4H8N2O3. The Balaban J connectivity index is 3.38. The Bertz CT molecular complexity index is 112. The molecule has 0 saturated carbocycles. The molecule has 5 nitrogen and oxygen atoms in total. The highest BCUT2D eigenvalue weighted by Crippen LogP contribution is 1.82. The van der Waals surface area contributed by atoms with Gasteiger partial charge in [0.15, 0.2) is 6.29 Å². The van der Waals surface area contributed by atoms with Gasteiger partial charge in [-0.15, -0.1) is 0 Å². The van der Waals surface area contributed by atoms with Crippen molar-refractivity contribution >= 4 is 12.4 Å². The monoisotopic (exact) mass is 132 g/mol. The number of hydrogen-bond donors (Lipinski definition) is 3. The predicted octanol–water partition coefficient (Wildman–Crippen LogP) is -0.342. The Hall–Kier alpha value is -1.10. The number of carbonyl (C=O) groups is 1. The standard InChI is InChI=1S/C4H8N2O3/c1-3(7)9-4(8)6-2-5/h2-3,7H,1H3,(H2,5,6,8). The number of ether oxygens (including phenoxy) is 1. The number of hydrogen-bond acceptors (Lipinski definition) is 4. The molecule has 0 aliphatic heterocycles. The van der Waals surface area contributed by atoms with Gasteiger partial charge < -0.3 is 9.84 Å². The van der Waals surface area contributed by atoms with Crippen LogP contribution in [0.15, 0.2) is 0 Å². The van der Waals surface area contributed by atoms with E-state index in [1.807, 2.05) is 5.32 Å². The summed E-state index contributed by atoms with van der Waals surface area (Å²) in [4.78, 5) is 10.2. The number of rotatable bonds is 2. The molecule has 52 valence electrons. The lowest BCUT2D eigenvalue weighted by Crippen LogP contribution is -2.25. The average Bonchev–Trinajstić information content (AvgIpc) is 1.63. The van der Waals surface area contributed by atoms with Crippen molar-refractivity contribution < 1.29 is 14.6 Å². The van der Waals surface area contributed by atoms with Gasteiger partial charge in [-0.3, -0.25) is 10.7 Å². The van der Waals surface area contributed by atoms with E-state index in [0.717, 1.165) is 0 Å². The van der Waals surface area contributed by atoms with Crippen molar-refractivity contribution in [3.05, 3.63) is 0 Å². The average molecular weight is 132 g/mol. The number of alkyl carbamates (subject to hydrolysis) is 1. The first-order chi connectivity index (χ1) is 4.16. The van der Waals surface area contributed by atoms with Crippen LogP contribution in [-0.2, 0) is 4.74 Å². The molecule has 3 N–H and O–H groups in total. The number of amides is 1. The second kappa shape index (κ2) is 3.85. The third-order valence-corrected chi connectivity index (χ3v) is 0.468. The molecule has 0 heterocycles. The highest BCUT2D eigenvalue weighted by Gasteiger charge is 2.01. The molecule has 5 heteroatoms. The Kier molecular flexibility index (Phi) is 3.38. The van der Waals surface area contributed by atoms with Gasteiger partial charge in [-0.2, -0.15) is 0 Å². The zero-order valence-electron chi connectivity index (χ0n) is 4.92. The number of nitrogens with one attached hydrogen (secondary N) is 2. The molecule has 1 unspecified atom stereocenters. The van der Waals surface area contributed by atoms with E-state index in [4.69, 9.17) is 10.5 Å². The summed E-state index contributed by atoms with van der Waals surface area (Å²) in [5.74, 6) is 0. The van der Waals surface area contributed by atoms with E-state index in [1.165, 1.54) is 6.92 Å². The normalized spacial score (nSPS) is 11.8. The molecule has 0 fully saturated rings. The Morgan fingerprint density at radius 3 is 2.89 bits per heavy atom. The summed E-state index contributed by atoms with van der Waals surface area (Å²) in [6.45, 7) is 1.30. The summed E-state index contributed by atoms with van der Waals surface area (Å²) >= 11 is 0. The van der Waals surface area contributed by atoms with E-state index in [0.29, 0.717) is 6.34 Å². The molecule has 0 rings (SSSR count). The maximum Gasteiger partial charge on any atom is 0.414 e.